The summed E-state index contributed by atoms with van der Waals surface area (Å²) in [7, 11) is 1.45. The minimum Gasteiger partial charge on any atom is -0.478 e. The maximum absolute atomic E-state index is 15.7. The number of morpholine rings is 1. The molecule has 0 radical (unpaired) electrons. The molecule has 9 nitrogen and oxygen atoms in total. The van der Waals surface area contributed by atoms with Gasteiger partial charge in [-0.2, -0.15) is 0 Å². The Balaban J connectivity index is 1.15. The fraction of sp³-hybridized carbons (Fsp3) is 0.394. The molecule has 0 aromatic heterocycles. The molecule has 2 unspecified atom stereocenters. The van der Waals surface area contributed by atoms with Crippen molar-refractivity contribution in [2.75, 3.05) is 56.6 Å². The molecule has 3 saturated heterocycles. The highest BCUT2D eigenvalue weighted by molar-refractivity contribution is 6.40. The summed E-state index contributed by atoms with van der Waals surface area (Å²) in [5.41, 5.74) is 0.882. The van der Waals surface area contributed by atoms with Gasteiger partial charge in [-0.25, -0.2) is 13.6 Å². The second kappa shape index (κ2) is 11.9. The number of ether oxygens (including phenoxy) is 3. The number of carboxylic acid groups (broad SMARTS) is 1. The summed E-state index contributed by atoms with van der Waals surface area (Å²) >= 11 is 13.1. The summed E-state index contributed by atoms with van der Waals surface area (Å²) in [5, 5.41) is 10.2. The molecule has 2 atom stereocenters. The highest BCUT2D eigenvalue weighted by Crippen LogP contribution is 2.44. The van der Waals surface area contributed by atoms with Crippen LogP contribution in [0.15, 0.2) is 42.5 Å². The van der Waals surface area contributed by atoms with E-state index in [0.717, 1.165) is 18.9 Å². The van der Waals surface area contributed by atoms with Crippen LogP contribution in [0.1, 0.15) is 39.1 Å². The lowest BCUT2D eigenvalue weighted by Gasteiger charge is -2.45. The Morgan fingerprint density at radius 3 is 2.41 bits per heavy atom. The third-order valence-corrected chi connectivity index (χ3v) is 9.79. The number of benzene rings is 3. The quantitative estimate of drug-likeness (QED) is 0.325. The van der Waals surface area contributed by atoms with Crippen molar-refractivity contribution in [1.29, 1.82) is 0 Å². The molecule has 7 rings (SSSR count). The molecule has 4 aliphatic heterocycles. The number of nitrogens with zero attached hydrogens (tertiary/aromatic N) is 3. The molecule has 0 aliphatic carbocycles. The van der Waals surface area contributed by atoms with Crippen LogP contribution in [0.25, 0.3) is 11.1 Å². The van der Waals surface area contributed by atoms with Crippen LogP contribution in [-0.4, -0.2) is 86.4 Å². The Morgan fingerprint density at radius 2 is 1.76 bits per heavy atom. The summed E-state index contributed by atoms with van der Waals surface area (Å²) in [6, 6.07) is 11.1. The van der Waals surface area contributed by atoms with E-state index in [1.807, 2.05) is 0 Å². The largest absolute Gasteiger partial charge is 0.478 e. The molecular weight excluding hydrogens is 643 g/mol. The van der Waals surface area contributed by atoms with Crippen molar-refractivity contribution in [2.45, 2.75) is 37.1 Å². The average Bonchev–Trinajstić information content (AvgIpc) is 3.25. The van der Waals surface area contributed by atoms with Crippen molar-refractivity contribution in [3.8, 4) is 16.9 Å². The number of fused-ring (bicyclic) bond motifs is 3. The predicted molar refractivity (Wildman–Crippen MR) is 169 cm³/mol. The molecule has 3 fully saturated rings. The second-order valence-electron chi connectivity index (χ2n) is 12.3. The van der Waals surface area contributed by atoms with Gasteiger partial charge in [0.2, 0.25) is 0 Å². The van der Waals surface area contributed by atoms with Gasteiger partial charge in [-0.1, -0.05) is 41.4 Å². The zero-order valence-corrected chi connectivity index (χ0v) is 26.4. The summed E-state index contributed by atoms with van der Waals surface area (Å²) in [6.45, 7) is 1.17. The van der Waals surface area contributed by atoms with Crippen LogP contribution < -0.4 is 14.5 Å². The zero-order chi connectivity index (χ0) is 32.3. The average molecular weight is 675 g/mol. The van der Waals surface area contributed by atoms with Crippen molar-refractivity contribution < 1.29 is 37.7 Å². The maximum Gasteiger partial charge on any atom is 0.337 e. The molecule has 3 aromatic rings. The molecule has 1 amide bonds. The summed E-state index contributed by atoms with van der Waals surface area (Å²) in [6.07, 6.45) is 1.73. The van der Waals surface area contributed by atoms with Crippen LogP contribution in [-0.2, 0) is 16.0 Å². The maximum atomic E-state index is 15.7. The van der Waals surface area contributed by atoms with Gasteiger partial charge in [0, 0.05) is 29.5 Å². The minimum absolute atomic E-state index is 0.0159. The molecule has 0 saturated carbocycles. The van der Waals surface area contributed by atoms with Gasteiger partial charge in [0.1, 0.15) is 11.6 Å². The lowest BCUT2D eigenvalue weighted by Crippen LogP contribution is -2.61. The number of rotatable bonds is 7. The Kier molecular flexibility index (Phi) is 7.99. The Morgan fingerprint density at radius 1 is 1.07 bits per heavy atom. The zero-order valence-electron chi connectivity index (χ0n) is 24.9. The number of halogens is 4. The molecule has 13 heteroatoms. The van der Waals surface area contributed by atoms with Gasteiger partial charge in [0.15, 0.2) is 12.4 Å². The van der Waals surface area contributed by atoms with Crippen molar-refractivity contribution in [3.05, 3.63) is 75.0 Å². The third kappa shape index (κ3) is 5.33. The fourth-order valence-electron chi connectivity index (χ4n) is 7.07. The number of carboxylic acids is 1. The highest BCUT2D eigenvalue weighted by Gasteiger charge is 2.44. The molecule has 4 heterocycles. The van der Waals surface area contributed by atoms with Crippen molar-refractivity contribution >= 4 is 46.5 Å². The normalized spacial score (nSPS) is 21.5. The Hall–Kier alpha value is -3.64. The van der Waals surface area contributed by atoms with Gasteiger partial charge >= 0.3 is 5.97 Å². The molecule has 1 N–H and O–H groups in total. The standard InChI is InChI=1S/C33H31Cl2F2N3O6/c1-44-16-33(37)14-39(15-33)21-7-25(34)29(26(35)8-21)31(41)38-11-18-3-2-4-22(30(18)46-17-38)23-10-28(24(32(42)43)9-27(23)36)40-19-5-6-20(40)13-45-12-19/h2-4,7-10,19-20H,5-6,11-17H2,1H3,(H,42,43). The second-order valence-corrected chi connectivity index (χ2v) is 13.1. The number of para-hydroxylation sites is 1. The van der Waals surface area contributed by atoms with Gasteiger partial charge < -0.3 is 34.0 Å². The smallest absolute Gasteiger partial charge is 0.337 e. The van der Waals surface area contributed by atoms with E-state index in [1.54, 1.807) is 41.3 Å². The van der Waals surface area contributed by atoms with E-state index >= 15 is 4.39 Å². The van der Waals surface area contributed by atoms with E-state index in [4.69, 9.17) is 37.4 Å². The van der Waals surface area contributed by atoms with Crippen LogP contribution in [0.3, 0.4) is 0 Å². The minimum atomic E-state index is -1.45. The van der Waals surface area contributed by atoms with E-state index in [9.17, 15) is 19.1 Å². The van der Waals surface area contributed by atoms with Crippen molar-refractivity contribution in [1.82, 2.24) is 4.90 Å². The van der Waals surface area contributed by atoms with Crippen LogP contribution in [0.5, 0.6) is 5.75 Å². The van der Waals surface area contributed by atoms with Crippen molar-refractivity contribution in [2.24, 2.45) is 0 Å². The van der Waals surface area contributed by atoms with E-state index in [0.29, 0.717) is 41.5 Å². The van der Waals surface area contributed by atoms with Crippen LogP contribution in [0, 0.1) is 5.82 Å². The molecule has 3 aromatic carbocycles. The molecule has 2 bridgehead atoms. The molecular formula is C33H31Cl2F2N3O6. The monoisotopic (exact) mass is 673 g/mol. The molecule has 46 heavy (non-hydrogen) atoms. The lowest BCUT2D eigenvalue weighted by molar-refractivity contribution is 0.0196. The van der Waals surface area contributed by atoms with Crippen LogP contribution in [0.4, 0.5) is 20.2 Å². The van der Waals surface area contributed by atoms with Gasteiger partial charge in [-0.05, 0) is 37.1 Å². The van der Waals surface area contributed by atoms with E-state index in [2.05, 4.69) is 4.90 Å². The number of alkyl halides is 1. The summed E-state index contributed by atoms with van der Waals surface area (Å²) < 4.78 is 47.0. The van der Waals surface area contributed by atoms with E-state index in [1.165, 1.54) is 12.0 Å². The number of hydrogen-bond donors (Lipinski definition) is 1. The van der Waals surface area contributed by atoms with Gasteiger partial charge in [-0.3, -0.25) is 4.79 Å². The Bertz CT molecular complexity index is 1700. The number of amides is 1. The number of hydrogen-bond acceptors (Lipinski definition) is 7. The first-order valence-electron chi connectivity index (χ1n) is 15.0. The fourth-order valence-corrected chi connectivity index (χ4v) is 7.70. The van der Waals surface area contributed by atoms with Crippen LogP contribution >= 0.6 is 23.2 Å². The number of methoxy groups -OCH3 is 1. The Labute approximate surface area is 274 Å². The number of anilines is 2. The van der Waals surface area contributed by atoms with Crippen LogP contribution in [0.2, 0.25) is 10.0 Å². The van der Waals surface area contributed by atoms with Gasteiger partial charge in [0.25, 0.3) is 5.91 Å². The highest BCUT2D eigenvalue weighted by atomic mass is 35.5. The SMILES string of the molecule is COCC1(F)CN(c2cc(Cl)c(C(=O)N3COc4c(cccc4-c4cc(N5C6CCC5COC6)c(C(=O)O)cc4F)C3)c(Cl)c2)C1. The lowest BCUT2D eigenvalue weighted by atomic mass is 9.96. The third-order valence-electron chi connectivity index (χ3n) is 9.19. The molecule has 242 valence electrons. The van der Waals surface area contributed by atoms with Gasteiger partial charge in [-0.15, -0.1) is 0 Å². The van der Waals surface area contributed by atoms with E-state index in [-0.39, 0.29) is 71.8 Å². The first kappa shape index (κ1) is 31.0. The summed E-state index contributed by atoms with van der Waals surface area (Å²) in [4.78, 5) is 31.1. The topological polar surface area (TPSA) is 91.8 Å². The number of carbonyl (C=O) groups is 2. The first-order valence-corrected chi connectivity index (χ1v) is 15.7. The summed E-state index contributed by atoms with van der Waals surface area (Å²) in [5.74, 6) is -1.95. The molecule has 0 spiro atoms. The predicted octanol–water partition coefficient (Wildman–Crippen LogP) is 6.03. The molecule has 4 aliphatic rings. The number of carbonyl (C=O) groups excluding carboxylic acids is 1. The van der Waals surface area contributed by atoms with Crippen molar-refractivity contribution in [3.63, 3.8) is 0 Å². The van der Waals surface area contributed by atoms with Gasteiger partial charge in [0.05, 0.1) is 78.4 Å². The number of aromatic carboxylic acids is 1. The first-order chi connectivity index (χ1) is 22.1. The van der Waals surface area contributed by atoms with E-state index < -0.39 is 23.4 Å².